The number of aromatic nitrogens is 2. The molecule has 0 aliphatic heterocycles. The summed E-state index contributed by atoms with van der Waals surface area (Å²) in [6, 6.07) is 20.1. The van der Waals surface area contributed by atoms with Gasteiger partial charge in [-0.05, 0) is 44.2 Å². The summed E-state index contributed by atoms with van der Waals surface area (Å²) in [4.78, 5) is 25.3. The fraction of sp³-hybridized carbons (Fsp3) is 0.0769. The monoisotopic (exact) mass is 452 g/mol. The van der Waals surface area contributed by atoms with E-state index in [1.54, 1.807) is 49.0 Å². The van der Waals surface area contributed by atoms with E-state index in [-0.39, 0.29) is 0 Å². The molecule has 3 aromatic heterocycles. The Hall–Kier alpha value is -4.72. The molecule has 168 valence electrons. The Morgan fingerprint density at radius 3 is 2.56 bits per heavy atom. The molecule has 1 N–H and O–H groups in total. The summed E-state index contributed by atoms with van der Waals surface area (Å²) in [5.41, 5.74) is 4.91. The Labute approximate surface area is 194 Å². The fourth-order valence-corrected chi connectivity index (χ4v) is 3.71. The molecule has 0 fully saturated rings. The van der Waals surface area contributed by atoms with Gasteiger partial charge in [-0.2, -0.15) is 10.2 Å². The van der Waals surface area contributed by atoms with Gasteiger partial charge < -0.3 is 8.83 Å². The van der Waals surface area contributed by atoms with E-state index < -0.39 is 11.5 Å². The van der Waals surface area contributed by atoms with Crippen LogP contribution in [-0.4, -0.2) is 21.9 Å². The maximum absolute atomic E-state index is 12.8. The highest BCUT2D eigenvalue weighted by molar-refractivity contribution is 5.96. The predicted molar refractivity (Wildman–Crippen MR) is 128 cm³/mol. The first-order valence-corrected chi connectivity index (χ1v) is 10.6. The molecular formula is C26H20N4O4. The maximum atomic E-state index is 12.8. The summed E-state index contributed by atoms with van der Waals surface area (Å²) in [5, 5.41) is 9.50. The Bertz CT molecular complexity index is 1590. The topological polar surface area (TPSA) is 103 Å². The van der Waals surface area contributed by atoms with Crippen LogP contribution >= 0.6 is 0 Å². The number of carbonyl (C=O) groups excluding carboxylic acids is 1. The SMILES string of the molecule is Cc1cc(C(=O)NN=Cc2cn(-c3ccccc3)nc2-c2cc3ccccc3oc2=O)c(C)o1. The molecule has 1 amide bonds. The van der Waals surface area contributed by atoms with Crippen molar-refractivity contribution >= 4 is 23.1 Å². The lowest BCUT2D eigenvalue weighted by Crippen LogP contribution is -2.17. The van der Waals surface area contributed by atoms with Crippen molar-refractivity contribution in [1.82, 2.24) is 15.2 Å². The lowest BCUT2D eigenvalue weighted by molar-refractivity contribution is 0.0953. The van der Waals surface area contributed by atoms with Gasteiger partial charge in [0.2, 0.25) is 0 Å². The first-order chi connectivity index (χ1) is 16.5. The van der Waals surface area contributed by atoms with E-state index in [2.05, 4.69) is 15.6 Å². The number of hydrogen-bond donors (Lipinski definition) is 1. The molecule has 0 aliphatic carbocycles. The van der Waals surface area contributed by atoms with Crippen LogP contribution < -0.4 is 11.1 Å². The Morgan fingerprint density at radius 1 is 1.03 bits per heavy atom. The number of fused-ring (bicyclic) bond motifs is 1. The van der Waals surface area contributed by atoms with Crippen molar-refractivity contribution in [1.29, 1.82) is 0 Å². The zero-order chi connectivity index (χ0) is 23.7. The van der Waals surface area contributed by atoms with E-state index >= 15 is 0 Å². The third-order valence-corrected chi connectivity index (χ3v) is 5.32. The number of rotatable bonds is 5. The van der Waals surface area contributed by atoms with E-state index in [0.717, 1.165) is 11.1 Å². The van der Waals surface area contributed by atoms with Gasteiger partial charge in [-0.1, -0.05) is 36.4 Å². The average Bonchev–Trinajstić information content (AvgIpc) is 3.41. The van der Waals surface area contributed by atoms with Crippen LogP contribution in [-0.2, 0) is 0 Å². The van der Waals surface area contributed by atoms with Gasteiger partial charge in [0, 0.05) is 17.1 Å². The third kappa shape index (κ3) is 4.04. The normalized spacial score (nSPS) is 11.4. The number of nitrogens with one attached hydrogen (secondary N) is 1. The largest absolute Gasteiger partial charge is 0.466 e. The summed E-state index contributed by atoms with van der Waals surface area (Å²) in [7, 11) is 0. The number of furan rings is 1. The van der Waals surface area contributed by atoms with E-state index in [4.69, 9.17) is 8.83 Å². The molecule has 0 radical (unpaired) electrons. The molecule has 0 bridgehead atoms. The zero-order valence-electron chi connectivity index (χ0n) is 18.5. The first-order valence-electron chi connectivity index (χ1n) is 10.6. The molecule has 0 atom stereocenters. The van der Waals surface area contributed by atoms with Crippen LogP contribution in [0.4, 0.5) is 0 Å². The van der Waals surface area contributed by atoms with Crippen molar-refractivity contribution in [2.75, 3.05) is 0 Å². The maximum Gasteiger partial charge on any atom is 0.345 e. The predicted octanol–water partition coefficient (Wildman–Crippen LogP) is 4.62. The van der Waals surface area contributed by atoms with Gasteiger partial charge in [0.1, 0.15) is 22.8 Å². The number of aryl methyl sites for hydroxylation is 2. The second-order valence-electron chi connectivity index (χ2n) is 7.72. The minimum absolute atomic E-state index is 0.294. The molecule has 0 aliphatic rings. The second-order valence-corrected chi connectivity index (χ2v) is 7.72. The highest BCUT2D eigenvalue weighted by Crippen LogP contribution is 2.23. The van der Waals surface area contributed by atoms with Crippen molar-refractivity contribution in [3.05, 3.63) is 106 Å². The van der Waals surface area contributed by atoms with Gasteiger partial charge in [-0.25, -0.2) is 14.9 Å². The van der Waals surface area contributed by atoms with Crippen molar-refractivity contribution in [3.8, 4) is 16.9 Å². The molecule has 0 spiro atoms. The minimum atomic E-state index is -0.514. The number of para-hydroxylation sites is 2. The summed E-state index contributed by atoms with van der Waals surface area (Å²) < 4.78 is 12.6. The van der Waals surface area contributed by atoms with E-state index in [1.165, 1.54) is 6.21 Å². The average molecular weight is 452 g/mol. The van der Waals surface area contributed by atoms with E-state index in [9.17, 15) is 9.59 Å². The molecule has 3 heterocycles. The fourth-order valence-electron chi connectivity index (χ4n) is 3.71. The second kappa shape index (κ2) is 8.67. The van der Waals surface area contributed by atoms with Crippen LogP contribution in [0.3, 0.4) is 0 Å². The highest BCUT2D eigenvalue weighted by Gasteiger charge is 2.17. The lowest BCUT2D eigenvalue weighted by Gasteiger charge is -2.01. The van der Waals surface area contributed by atoms with Crippen LogP contribution in [0.2, 0.25) is 0 Å². The molecule has 5 aromatic rings. The molecule has 0 saturated carbocycles. The summed E-state index contributed by atoms with van der Waals surface area (Å²) in [6.07, 6.45) is 3.19. The van der Waals surface area contributed by atoms with Gasteiger partial charge in [0.15, 0.2) is 0 Å². The van der Waals surface area contributed by atoms with Crippen molar-refractivity contribution in [3.63, 3.8) is 0 Å². The van der Waals surface area contributed by atoms with Crippen LogP contribution in [0, 0.1) is 13.8 Å². The molecule has 2 aromatic carbocycles. The lowest BCUT2D eigenvalue weighted by atomic mass is 10.1. The Morgan fingerprint density at radius 2 is 1.79 bits per heavy atom. The Balaban J connectivity index is 1.55. The van der Waals surface area contributed by atoms with Crippen molar-refractivity contribution in [2.45, 2.75) is 13.8 Å². The molecule has 8 nitrogen and oxygen atoms in total. The third-order valence-electron chi connectivity index (χ3n) is 5.32. The molecule has 8 heteroatoms. The number of hydrogen-bond acceptors (Lipinski definition) is 6. The summed E-state index contributed by atoms with van der Waals surface area (Å²) >= 11 is 0. The summed E-state index contributed by atoms with van der Waals surface area (Å²) in [6.45, 7) is 3.49. The number of hydrazone groups is 1. The van der Waals surface area contributed by atoms with Crippen LogP contribution in [0.5, 0.6) is 0 Å². The van der Waals surface area contributed by atoms with Gasteiger partial charge in [0.05, 0.1) is 23.0 Å². The zero-order valence-corrected chi connectivity index (χ0v) is 18.5. The van der Waals surface area contributed by atoms with Gasteiger partial charge in [0.25, 0.3) is 5.91 Å². The van der Waals surface area contributed by atoms with E-state index in [1.807, 2.05) is 42.5 Å². The molecule has 5 rings (SSSR count). The van der Waals surface area contributed by atoms with Gasteiger partial charge in [-0.15, -0.1) is 0 Å². The van der Waals surface area contributed by atoms with Crippen LogP contribution in [0.15, 0.2) is 91.7 Å². The molecule has 0 unspecified atom stereocenters. The van der Waals surface area contributed by atoms with Gasteiger partial charge >= 0.3 is 5.63 Å². The number of benzene rings is 2. The smallest absolute Gasteiger partial charge is 0.345 e. The summed E-state index contributed by atoms with van der Waals surface area (Å²) in [5.74, 6) is 0.755. The molecular weight excluding hydrogens is 432 g/mol. The molecule has 34 heavy (non-hydrogen) atoms. The standard InChI is InChI=1S/C26H20N4O4/c1-16-12-21(17(2)33-16)25(31)28-27-14-19-15-30(20-9-4-3-5-10-20)29-24(19)22-13-18-8-6-7-11-23(18)34-26(22)32/h3-15H,1-2H3,(H,28,31). The number of amides is 1. The highest BCUT2D eigenvalue weighted by atomic mass is 16.4. The van der Waals surface area contributed by atoms with Crippen molar-refractivity contribution in [2.24, 2.45) is 5.10 Å². The number of nitrogens with zero attached hydrogens (tertiary/aromatic N) is 3. The van der Waals surface area contributed by atoms with Crippen molar-refractivity contribution < 1.29 is 13.6 Å². The quantitative estimate of drug-likeness (QED) is 0.238. The van der Waals surface area contributed by atoms with E-state index in [0.29, 0.717) is 39.5 Å². The van der Waals surface area contributed by atoms with Gasteiger partial charge in [-0.3, -0.25) is 4.79 Å². The number of carbonyl (C=O) groups is 1. The first kappa shape index (κ1) is 21.1. The minimum Gasteiger partial charge on any atom is -0.466 e. The van der Waals surface area contributed by atoms with Crippen LogP contribution in [0.25, 0.3) is 27.9 Å². The molecule has 0 saturated heterocycles. The van der Waals surface area contributed by atoms with Crippen LogP contribution in [0.1, 0.15) is 27.4 Å². The Kier molecular flexibility index (Phi) is 5.39.